The zero-order chi connectivity index (χ0) is 12.0. The van der Waals surface area contributed by atoms with Crippen LogP contribution in [0, 0.1) is 0 Å². The molecule has 0 aromatic heterocycles. The molecule has 0 aliphatic heterocycles. The summed E-state index contributed by atoms with van der Waals surface area (Å²) in [4.78, 5) is 21.7. The molecule has 0 aliphatic carbocycles. The van der Waals surface area contributed by atoms with Gasteiger partial charge in [-0.2, -0.15) is 0 Å². The van der Waals surface area contributed by atoms with Crippen LogP contribution in [0.25, 0.3) is 0 Å². The second-order valence-corrected chi connectivity index (χ2v) is 2.88. The van der Waals surface area contributed by atoms with E-state index in [1.165, 1.54) is 12.1 Å². The Morgan fingerprint density at radius 1 is 1.31 bits per heavy atom. The molecule has 16 heavy (non-hydrogen) atoms. The van der Waals surface area contributed by atoms with Gasteiger partial charge in [-0.05, 0) is 19.1 Å². The van der Waals surface area contributed by atoms with Crippen LogP contribution in [0.4, 0.5) is 0 Å². The minimum atomic E-state index is -1.35. The van der Waals surface area contributed by atoms with Crippen molar-refractivity contribution < 1.29 is 24.2 Å². The minimum absolute atomic E-state index is 0.0909. The maximum atomic E-state index is 11.0. The maximum absolute atomic E-state index is 11.0. The van der Waals surface area contributed by atoms with Crippen LogP contribution < -0.4 is 9.84 Å². The van der Waals surface area contributed by atoms with E-state index in [4.69, 9.17) is 4.74 Å². The average Bonchev–Trinajstić information content (AvgIpc) is 2.27. The lowest BCUT2D eigenvalue weighted by Crippen LogP contribution is -2.24. The van der Waals surface area contributed by atoms with E-state index in [-0.39, 0.29) is 24.5 Å². The van der Waals surface area contributed by atoms with Gasteiger partial charge < -0.3 is 19.4 Å². The molecule has 1 aromatic carbocycles. The van der Waals surface area contributed by atoms with Gasteiger partial charge in [0.05, 0.1) is 12.6 Å². The van der Waals surface area contributed by atoms with Crippen molar-refractivity contribution in [1.29, 1.82) is 0 Å². The number of rotatable bonds is 5. The maximum Gasteiger partial charge on any atom is 0.344 e. The molecule has 5 heteroatoms. The van der Waals surface area contributed by atoms with Crippen LogP contribution in [0.1, 0.15) is 17.3 Å². The van der Waals surface area contributed by atoms with Crippen molar-refractivity contribution in [2.75, 3.05) is 13.2 Å². The number of aromatic carboxylic acids is 1. The second kappa shape index (κ2) is 5.75. The quantitative estimate of drug-likeness (QED) is 0.656. The fraction of sp³-hybridized carbons (Fsp3) is 0.273. The molecule has 0 atom stereocenters. The number of carboxylic acid groups (broad SMARTS) is 1. The third-order valence-electron chi connectivity index (χ3n) is 1.76. The van der Waals surface area contributed by atoms with Gasteiger partial charge in [-0.25, -0.2) is 4.79 Å². The molecule has 5 nitrogen and oxygen atoms in total. The molecule has 0 fully saturated rings. The van der Waals surface area contributed by atoms with Gasteiger partial charge in [0.15, 0.2) is 6.61 Å². The van der Waals surface area contributed by atoms with Gasteiger partial charge in [0.25, 0.3) is 0 Å². The van der Waals surface area contributed by atoms with E-state index in [1.54, 1.807) is 19.1 Å². The Labute approximate surface area is 92.6 Å². The molecular weight excluding hydrogens is 212 g/mol. The molecule has 0 bridgehead atoms. The van der Waals surface area contributed by atoms with Gasteiger partial charge in [0, 0.05) is 5.56 Å². The molecular formula is C11H11O5-. The summed E-state index contributed by atoms with van der Waals surface area (Å²) in [6.07, 6.45) is 0. The van der Waals surface area contributed by atoms with Gasteiger partial charge in [0.2, 0.25) is 0 Å². The summed E-state index contributed by atoms with van der Waals surface area (Å²) in [5, 5.41) is 10.7. The van der Waals surface area contributed by atoms with E-state index in [2.05, 4.69) is 4.74 Å². The van der Waals surface area contributed by atoms with Crippen molar-refractivity contribution in [3.63, 3.8) is 0 Å². The molecule has 0 heterocycles. The summed E-state index contributed by atoms with van der Waals surface area (Å²) >= 11 is 0. The zero-order valence-corrected chi connectivity index (χ0v) is 8.76. The molecule has 0 saturated heterocycles. The number of para-hydroxylation sites is 1. The topological polar surface area (TPSA) is 75.7 Å². The summed E-state index contributed by atoms with van der Waals surface area (Å²) in [7, 11) is 0. The molecule has 0 amide bonds. The monoisotopic (exact) mass is 223 g/mol. The number of carboxylic acids is 1. The predicted molar refractivity (Wildman–Crippen MR) is 52.9 cm³/mol. The first-order valence-corrected chi connectivity index (χ1v) is 4.74. The number of hydrogen-bond acceptors (Lipinski definition) is 5. The van der Waals surface area contributed by atoms with Crippen molar-refractivity contribution in [3.05, 3.63) is 29.8 Å². The Morgan fingerprint density at radius 2 is 2.00 bits per heavy atom. The number of carbonyl (C=O) groups is 2. The van der Waals surface area contributed by atoms with Crippen molar-refractivity contribution in [2.24, 2.45) is 0 Å². The molecule has 0 saturated carbocycles. The molecule has 0 aliphatic rings. The lowest BCUT2D eigenvalue weighted by molar-refractivity contribution is -0.255. The van der Waals surface area contributed by atoms with Crippen LogP contribution in [0.3, 0.4) is 0 Å². The number of benzene rings is 1. The Balaban J connectivity index is 2.66. The summed E-state index contributed by atoms with van der Waals surface area (Å²) in [5.41, 5.74) is -0.0909. The largest absolute Gasteiger partial charge is 0.545 e. The van der Waals surface area contributed by atoms with Crippen molar-refractivity contribution in [3.8, 4) is 5.75 Å². The molecule has 0 radical (unpaired) electrons. The number of carbonyl (C=O) groups excluding carboxylic acids is 2. The Hall–Kier alpha value is -2.04. The van der Waals surface area contributed by atoms with Crippen LogP contribution in [0.5, 0.6) is 5.75 Å². The highest BCUT2D eigenvalue weighted by Crippen LogP contribution is 2.16. The highest BCUT2D eigenvalue weighted by molar-refractivity contribution is 5.89. The first-order chi connectivity index (χ1) is 7.65. The highest BCUT2D eigenvalue weighted by Gasteiger charge is 2.07. The van der Waals surface area contributed by atoms with Crippen LogP contribution in [0.2, 0.25) is 0 Å². The Morgan fingerprint density at radius 3 is 2.62 bits per heavy atom. The molecule has 0 spiro atoms. The first kappa shape index (κ1) is 12.0. The van der Waals surface area contributed by atoms with Crippen LogP contribution in [0.15, 0.2) is 24.3 Å². The lowest BCUT2D eigenvalue weighted by atomic mass is 10.2. The fourth-order valence-corrected chi connectivity index (χ4v) is 1.10. The van der Waals surface area contributed by atoms with E-state index in [0.29, 0.717) is 0 Å². The van der Waals surface area contributed by atoms with Gasteiger partial charge in [-0.15, -0.1) is 0 Å². The Kier molecular flexibility index (Phi) is 4.32. The highest BCUT2D eigenvalue weighted by atomic mass is 16.6. The van der Waals surface area contributed by atoms with Gasteiger partial charge in [-0.3, -0.25) is 0 Å². The normalized spacial score (nSPS) is 9.56. The van der Waals surface area contributed by atoms with Crippen LogP contribution in [-0.2, 0) is 9.53 Å². The van der Waals surface area contributed by atoms with E-state index >= 15 is 0 Å². The van der Waals surface area contributed by atoms with Gasteiger partial charge in [-0.1, -0.05) is 12.1 Å². The van der Waals surface area contributed by atoms with E-state index in [0.717, 1.165) is 0 Å². The SMILES string of the molecule is CCOC(=O)COc1ccccc1C(=O)[O-]. The second-order valence-electron chi connectivity index (χ2n) is 2.88. The van der Waals surface area contributed by atoms with Gasteiger partial charge in [0.1, 0.15) is 5.75 Å². The first-order valence-electron chi connectivity index (χ1n) is 4.74. The summed E-state index contributed by atoms with van der Waals surface area (Å²) in [6.45, 7) is 1.61. The zero-order valence-electron chi connectivity index (χ0n) is 8.76. The summed E-state index contributed by atoms with van der Waals surface area (Å²) < 4.78 is 9.65. The van der Waals surface area contributed by atoms with Crippen molar-refractivity contribution >= 4 is 11.9 Å². The van der Waals surface area contributed by atoms with Gasteiger partial charge >= 0.3 is 5.97 Å². The van der Waals surface area contributed by atoms with E-state index in [9.17, 15) is 14.7 Å². The smallest absolute Gasteiger partial charge is 0.344 e. The summed E-state index contributed by atoms with van der Waals surface area (Å²) in [6, 6.07) is 5.94. The van der Waals surface area contributed by atoms with E-state index < -0.39 is 11.9 Å². The standard InChI is InChI=1S/C11H12O5/c1-2-15-10(12)7-16-9-6-4-3-5-8(9)11(13)14/h3-6H,2,7H2,1H3,(H,13,14)/p-1. The number of esters is 1. The molecule has 0 N–H and O–H groups in total. The van der Waals surface area contributed by atoms with Crippen molar-refractivity contribution in [1.82, 2.24) is 0 Å². The fourth-order valence-electron chi connectivity index (χ4n) is 1.10. The molecule has 86 valence electrons. The molecule has 1 rings (SSSR count). The minimum Gasteiger partial charge on any atom is -0.545 e. The third-order valence-corrected chi connectivity index (χ3v) is 1.76. The third kappa shape index (κ3) is 3.27. The van der Waals surface area contributed by atoms with E-state index in [1.807, 2.05) is 0 Å². The number of hydrogen-bond donors (Lipinski definition) is 0. The predicted octanol–water partition coefficient (Wildman–Crippen LogP) is -0.00800. The van der Waals surface area contributed by atoms with Crippen molar-refractivity contribution in [2.45, 2.75) is 6.92 Å². The summed E-state index contributed by atoms with van der Waals surface area (Å²) in [5.74, 6) is -1.80. The van der Waals surface area contributed by atoms with Crippen LogP contribution in [-0.4, -0.2) is 25.2 Å². The Bertz CT molecular complexity index is 386. The van der Waals surface area contributed by atoms with Crippen LogP contribution >= 0.6 is 0 Å². The average molecular weight is 223 g/mol. The molecule has 1 aromatic rings. The number of ether oxygens (including phenoxy) is 2. The molecule has 0 unspecified atom stereocenters. The lowest BCUT2D eigenvalue weighted by Gasteiger charge is -2.11.